The van der Waals surface area contributed by atoms with E-state index in [1.807, 2.05) is 72.9 Å². The highest BCUT2D eigenvalue weighted by Gasteiger charge is 2.38. The first kappa shape index (κ1) is 68.4. The highest BCUT2D eigenvalue weighted by Crippen LogP contribution is 2.44. The molecule has 90 heavy (non-hydrogen) atoms. The van der Waals surface area contributed by atoms with Crippen LogP contribution in [0.3, 0.4) is 0 Å². The SMILES string of the molecule is C=CCCCCOc1cccc(C(C#Cc2ccc(C#CC(c3cccc(OCCCCC=C)c3)(c3cccc(OCCCCC=C)c3)c3cccc(OCCCCC=C)c3)cc2)(c2cccc(OCCCCC=C)c2)c2cccc(OCCCCC=C)c2)c1. The van der Waals surface area contributed by atoms with Crippen LogP contribution in [0, 0.1) is 23.7 Å². The van der Waals surface area contributed by atoms with Crippen LogP contribution in [0.1, 0.15) is 160 Å². The van der Waals surface area contributed by atoms with Gasteiger partial charge < -0.3 is 28.4 Å². The maximum Gasteiger partial charge on any atom is 0.119 e. The zero-order chi connectivity index (χ0) is 63.2. The second-order valence-corrected chi connectivity index (χ2v) is 22.5. The average Bonchev–Trinajstić information content (AvgIpc) is 0.788. The van der Waals surface area contributed by atoms with E-state index in [-0.39, 0.29) is 0 Å². The zero-order valence-electron chi connectivity index (χ0n) is 53.3. The van der Waals surface area contributed by atoms with E-state index in [2.05, 4.69) is 197 Å². The zero-order valence-corrected chi connectivity index (χ0v) is 53.3. The molecule has 0 unspecified atom stereocenters. The van der Waals surface area contributed by atoms with E-state index in [0.29, 0.717) is 39.6 Å². The Labute approximate surface area is 540 Å². The summed E-state index contributed by atoms with van der Waals surface area (Å²) < 4.78 is 39.0. The number of unbranched alkanes of at least 4 members (excludes halogenated alkanes) is 12. The van der Waals surface area contributed by atoms with Crippen molar-refractivity contribution in [1.29, 1.82) is 0 Å². The van der Waals surface area contributed by atoms with Crippen LogP contribution in [0.25, 0.3) is 0 Å². The van der Waals surface area contributed by atoms with Crippen LogP contribution in [-0.2, 0) is 10.8 Å². The average molecular weight is 1200 g/mol. The molecule has 0 saturated heterocycles. The Kier molecular flexibility index (Phi) is 29.7. The quantitative estimate of drug-likeness (QED) is 0.0164. The van der Waals surface area contributed by atoms with E-state index in [0.717, 1.165) is 195 Å². The van der Waals surface area contributed by atoms with E-state index in [1.54, 1.807) is 0 Å². The summed E-state index contributed by atoms with van der Waals surface area (Å²) >= 11 is 0. The first-order chi connectivity index (χ1) is 44.4. The minimum absolute atomic E-state index is 0.587. The third-order valence-electron chi connectivity index (χ3n) is 15.7. The maximum atomic E-state index is 6.50. The summed E-state index contributed by atoms with van der Waals surface area (Å²) in [5.41, 5.74) is 5.32. The molecule has 0 atom stereocenters. The topological polar surface area (TPSA) is 55.4 Å². The first-order valence-corrected chi connectivity index (χ1v) is 32.6. The molecule has 0 aliphatic rings. The Morgan fingerprint density at radius 3 is 0.622 bits per heavy atom. The van der Waals surface area contributed by atoms with Gasteiger partial charge in [-0.2, -0.15) is 0 Å². The van der Waals surface area contributed by atoms with Crippen molar-refractivity contribution in [3.63, 3.8) is 0 Å². The normalized spacial score (nSPS) is 10.9. The highest BCUT2D eigenvalue weighted by atomic mass is 16.5. The van der Waals surface area contributed by atoms with Gasteiger partial charge in [-0.3, -0.25) is 0 Å². The third-order valence-corrected chi connectivity index (χ3v) is 15.7. The van der Waals surface area contributed by atoms with E-state index in [1.165, 1.54) is 0 Å². The van der Waals surface area contributed by atoms with Gasteiger partial charge in [-0.1, -0.05) is 133 Å². The van der Waals surface area contributed by atoms with Crippen molar-refractivity contribution >= 4 is 0 Å². The van der Waals surface area contributed by atoms with Gasteiger partial charge in [0.2, 0.25) is 0 Å². The molecular formula is C84H94O6. The number of hydrogen-bond acceptors (Lipinski definition) is 6. The molecule has 0 aromatic heterocycles. The van der Waals surface area contributed by atoms with Crippen LogP contribution in [0.15, 0.2) is 246 Å². The predicted octanol–water partition coefficient (Wildman–Crippen LogP) is 20.9. The molecule has 0 heterocycles. The summed E-state index contributed by atoms with van der Waals surface area (Å²) in [4.78, 5) is 0. The molecule has 6 heteroatoms. The molecule has 7 aromatic rings. The van der Waals surface area contributed by atoms with Gasteiger partial charge >= 0.3 is 0 Å². The molecule has 0 fully saturated rings. The van der Waals surface area contributed by atoms with Gasteiger partial charge in [-0.15, -0.1) is 39.5 Å². The number of allylic oxidation sites excluding steroid dienone is 6. The lowest BCUT2D eigenvalue weighted by atomic mass is 9.69. The lowest BCUT2D eigenvalue weighted by Gasteiger charge is -2.32. The summed E-state index contributed by atoms with van der Waals surface area (Å²) in [5, 5.41) is 0. The Balaban J connectivity index is 1.38. The molecule has 7 rings (SSSR count). The number of hydrogen-bond donors (Lipinski definition) is 0. The summed E-state index contributed by atoms with van der Waals surface area (Å²) in [5.74, 6) is 19.9. The molecule has 0 amide bonds. The Hall–Kier alpha value is -9.10. The second kappa shape index (κ2) is 39.0. The molecule has 7 aromatic carbocycles. The fraction of sp³-hybridized carbons (Fsp3) is 0.310. The highest BCUT2D eigenvalue weighted by molar-refractivity contribution is 5.64. The third kappa shape index (κ3) is 21.0. The monoisotopic (exact) mass is 1200 g/mol. The molecular weight excluding hydrogens is 1100 g/mol. The van der Waals surface area contributed by atoms with Gasteiger partial charge in [-0.25, -0.2) is 0 Å². The lowest BCUT2D eigenvalue weighted by Crippen LogP contribution is -2.28. The summed E-state index contributed by atoms with van der Waals surface area (Å²) in [7, 11) is 0. The van der Waals surface area contributed by atoms with Gasteiger partial charge in [0.05, 0.1) is 39.6 Å². The maximum absolute atomic E-state index is 6.50. The number of ether oxygens (including phenoxy) is 6. The predicted molar refractivity (Wildman–Crippen MR) is 376 cm³/mol. The molecule has 0 bridgehead atoms. The van der Waals surface area contributed by atoms with Gasteiger partial charge in [0.15, 0.2) is 0 Å². The summed E-state index contributed by atoms with van der Waals surface area (Å²) in [6.07, 6.45) is 28.9. The molecule has 0 aliphatic carbocycles. The van der Waals surface area contributed by atoms with Crippen molar-refractivity contribution in [3.8, 4) is 58.2 Å². The number of rotatable bonds is 42. The van der Waals surface area contributed by atoms with Crippen molar-refractivity contribution in [3.05, 3.63) is 290 Å². The van der Waals surface area contributed by atoms with Gasteiger partial charge in [-0.05, 0) is 246 Å². The minimum atomic E-state index is -1.03. The van der Waals surface area contributed by atoms with Crippen LogP contribution < -0.4 is 28.4 Å². The van der Waals surface area contributed by atoms with Crippen LogP contribution >= 0.6 is 0 Å². The summed E-state index contributed by atoms with van der Waals surface area (Å²) in [6, 6.07) is 58.6. The van der Waals surface area contributed by atoms with Crippen molar-refractivity contribution in [2.24, 2.45) is 0 Å². The first-order valence-electron chi connectivity index (χ1n) is 32.6. The molecule has 0 N–H and O–H groups in total. The summed E-state index contributed by atoms with van der Waals surface area (Å²) in [6.45, 7) is 27.0. The fourth-order valence-corrected chi connectivity index (χ4v) is 10.8. The fourth-order valence-electron chi connectivity index (χ4n) is 10.8. The number of benzene rings is 7. The molecule has 0 saturated carbocycles. The Morgan fingerprint density at radius 1 is 0.256 bits per heavy atom. The van der Waals surface area contributed by atoms with Crippen LogP contribution in [-0.4, -0.2) is 39.6 Å². The molecule has 466 valence electrons. The second-order valence-electron chi connectivity index (χ2n) is 22.5. The van der Waals surface area contributed by atoms with Crippen molar-refractivity contribution < 1.29 is 28.4 Å². The van der Waals surface area contributed by atoms with E-state index in [9.17, 15) is 0 Å². The minimum Gasteiger partial charge on any atom is -0.494 e. The standard InChI is InChI=1S/C84H94O6/c1-7-13-19-25-57-85-77-43-31-37-71(63-77)83(72-38-32-44-78(64-72)86-58-26-20-14-8-2,73-39-33-45-79(65-73)87-59-27-21-15-9-3)55-53-69-49-51-70(52-50-69)54-56-84(74-40-34-46-80(66-74)88-60-28-22-16-10-4,75-41-35-47-81(67-75)89-61-29-23-17-11-5)76-42-36-48-82(68-76)90-62-30-24-18-12-6/h7-12,31-52,63-68H,1-6,13-30,57-62H2. The van der Waals surface area contributed by atoms with Crippen LogP contribution in [0.5, 0.6) is 34.5 Å². The van der Waals surface area contributed by atoms with Gasteiger partial charge in [0.1, 0.15) is 45.3 Å². The molecule has 6 nitrogen and oxygen atoms in total. The Morgan fingerprint density at radius 2 is 0.444 bits per heavy atom. The molecule has 0 spiro atoms. The van der Waals surface area contributed by atoms with Gasteiger partial charge in [0.25, 0.3) is 0 Å². The smallest absolute Gasteiger partial charge is 0.119 e. The van der Waals surface area contributed by atoms with Crippen molar-refractivity contribution in [2.45, 2.75) is 126 Å². The van der Waals surface area contributed by atoms with Crippen molar-refractivity contribution in [2.75, 3.05) is 39.6 Å². The van der Waals surface area contributed by atoms with Crippen molar-refractivity contribution in [1.82, 2.24) is 0 Å². The van der Waals surface area contributed by atoms with E-state index < -0.39 is 10.8 Å². The lowest BCUT2D eigenvalue weighted by molar-refractivity contribution is 0.305. The Bertz CT molecular complexity index is 2940. The van der Waals surface area contributed by atoms with Crippen LogP contribution in [0.2, 0.25) is 0 Å². The van der Waals surface area contributed by atoms with E-state index >= 15 is 0 Å². The molecule has 0 aliphatic heterocycles. The van der Waals surface area contributed by atoms with Crippen LogP contribution in [0.4, 0.5) is 0 Å². The largest absolute Gasteiger partial charge is 0.494 e. The molecule has 0 radical (unpaired) electrons. The van der Waals surface area contributed by atoms with E-state index in [4.69, 9.17) is 28.4 Å². The van der Waals surface area contributed by atoms with Gasteiger partial charge in [0, 0.05) is 11.1 Å².